The van der Waals surface area contributed by atoms with E-state index in [1.165, 1.54) is 19.2 Å². The maximum Gasteiger partial charge on any atom is 0.319 e. The van der Waals surface area contributed by atoms with Crippen molar-refractivity contribution in [1.82, 2.24) is 10.2 Å². The first-order valence-electron chi connectivity index (χ1n) is 9.75. The highest BCUT2D eigenvalue weighted by atomic mass is 19.1. The van der Waals surface area contributed by atoms with Gasteiger partial charge in [-0.1, -0.05) is 30.3 Å². The van der Waals surface area contributed by atoms with Crippen LogP contribution < -0.4 is 15.4 Å². The first-order valence-corrected chi connectivity index (χ1v) is 9.75. The van der Waals surface area contributed by atoms with Gasteiger partial charge in [0, 0.05) is 37.8 Å². The molecule has 0 radical (unpaired) electrons. The van der Waals surface area contributed by atoms with Gasteiger partial charge in [0.05, 0.1) is 7.11 Å². The number of ether oxygens (including phenoxy) is 1. The quantitative estimate of drug-likeness (QED) is 0.777. The number of methoxy groups -OCH3 is 1. The normalized spacial score (nSPS) is 16.8. The third-order valence-electron chi connectivity index (χ3n) is 5.10. The molecule has 0 aromatic heterocycles. The fraction of sp³-hybridized carbons (Fsp3) is 0.364. The number of hydrogen-bond acceptors (Lipinski definition) is 3. The lowest BCUT2D eigenvalue weighted by molar-refractivity contribution is -0.131. The average molecular weight is 399 g/mol. The molecule has 1 heterocycles. The van der Waals surface area contributed by atoms with Crippen molar-refractivity contribution in [3.8, 4) is 5.75 Å². The van der Waals surface area contributed by atoms with Gasteiger partial charge in [-0.05, 0) is 36.5 Å². The van der Waals surface area contributed by atoms with Crippen LogP contribution in [0.25, 0.3) is 0 Å². The van der Waals surface area contributed by atoms with Crippen LogP contribution in [-0.2, 0) is 11.3 Å². The number of nitrogens with one attached hydrogen (secondary N) is 2. The molecule has 3 amide bonds. The van der Waals surface area contributed by atoms with Crippen molar-refractivity contribution in [2.24, 2.45) is 5.92 Å². The summed E-state index contributed by atoms with van der Waals surface area (Å²) < 4.78 is 18.6. The summed E-state index contributed by atoms with van der Waals surface area (Å²) in [5.74, 6) is -0.0437. The summed E-state index contributed by atoms with van der Waals surface area (Å²) in [4.78, 5) is 26.4. The zero-order valence-electron chi connectivity index (χ0n) is 16.5. The molecule has 3 rings (SSSR count). The molecule has 0 spiro atoms. The Hall–Kier alpha value is -3.09. The largest absolute Gasteiger partial charge is 0.494 e. The standard InChI is InChI=1S/C22H26FN3O3/c1-29-20-9-8-18(13-19(20)23)25-22(28)24-14-16-7-10-21(27)26(12-11-16)15-17-5-3-2-4-6-17/h2-6,8-9,13,16H,7,10-12,14-15H2,1H3,(H2,24,25,28). The van der Waals surface area contributed by atoms with Gasteiger partial charge in [-0.2, -0.15) is 0 Å². The molecular weight excluding hydrogens is 373 g/mol. The number of nitrogens with zero attached hydrogens (tertiary/aromatic N) is 1. The van der Waals surface area contributed by atoms with Crippen LogP contribution in [0.2, 0.25) is 0 Å². The smallest absolute Gasteiger partial charge is 0.319 e. The van der Waals surface area contributed by atoms with Gasteiger partial charge in [-0.25, -0.2) is 9.18 Å². The Morgan fingerprint density at radius 3 is 2.72 bits per heavy atom. The number of halogens is 1. The minimum absolute atomic E-state index is 0.124. The van der Waals surface area contributed by atoms with Gasteiger partial charge in [0.15, 0.2) is 11.6 Å². The molecule has 154 valence electrons. The van der Waals surface area contributed by atoms with Crippen molar-refractivity contribution in [2.75, 3.05) is 25.5 Å². The Balaban J connectivity index is 1.46. The number of likely N-dealkylation sites (tertiary alicyclic amines) is 1. The van der Waals surface area contributed by atoms with Gasteiger partial charge >= 0.3 is 6.03 Å². The lowest BCUT2D eigenvalue weighted by Crippen LogP contribution is -2.33. The number of amides is 3. The molecule has 1 unspecified atom stereocenters. The molecule has 1 atom stereocenters. The van der Waals surface area contributed by atoms with Crippen molar-refractivity contribution < 1.29 is 18.7 Å². The van der Waals surface area contributed by atoms with E-state index in [1.54, 1.807) is 6.07 Å². The zero-order valence-corrected chi connectivity index (χ0v) is 16.5. The Bertz CT molecular complexity index is 844. The molecule has 0 aliphatic carbocycles. The molecule has 1 fully saturated rings. The topological polar surface area (TPSA) is 70.7 Å². The molecular formula is C22H26FN3O3. The fourth-order valence-electron chi connectivity index (χ4n) is 3.42. The van der Waals surface area contributed by atoms with Crippen LogP contribution in [0, 0.1) is 11.7 Å². The molecule has 1 aliphatic rings. The minimum Gasteiger partial charge on any atom is -0.494 e. The van der Waals surface area contributed by atoms with Crippen molar-refractivity contribution in [3.63, 3.8) is 0 Å². The van der Waals surface area contributed by atoms with Crippen molar-refractivity contribution in [2.45, 2.75) is 25.8 Å². The number of carbonyl (C=O) groups excluding carboxylic acids is 2. The van der Waals surface area contributed by atoms with Crippen LogP contribution in [0.1, 0.15) is 24.8 Å². The van der Waals surface area contributed by atoms with Crippen molar-refractivity contribution >= 4 is 17.6 Å². The number of hydrogen-bond donors (Lipinski definition) is 2. The third-order valence-corrected chi connectivity index (χ3v) is 5.10. The monoisotopic (exact) mass is 399 g/mol. The third kappa shape index (κ3) is 5.94. The van der Waals surface area contributed by atoms with E-state index in [0.717, 1.165) is 18.4 Å². The number of rotatable bonds is 6. The van der Waals surface area contributed by atoms with Crippen molar-refractivity contribution in [1.29, 1.82) is 0 Å². The van der Waals surface area contributed by atoms with E-state index < -0.39 is 11.8 Å². The molecule has 0 bridgehead atoms. The Morgan fingerprint density at radius 1 is 1.21 bits per heavy atom. The number of benzene rings is 2. The first-order chi connectivity index (χ1) is 14.0. The number of carbonyl (C=O) groups is 2. The lowest BCUT2D eigenvalue weighted by Gasteiger charge is -2.21. The van der Waals surface area contributed by atoms with E-state index in [4.69, 9.17) is 4.74 Å². The molecule has 0 saturated carbocycles. The molecule has 29 heavy (non-hydrogen) atoms. The first kappa shape index (κ1) is 20.6. The average Bonchev–Trinajstić information content (AvgIpc) is 2.89. The molecule has 2 aromatic carbocycles. The second-order valence-corrected chi connectivity index (χ2v) is 7.18. The number of urea groups is 1. The van der Waals surface area contributed by atoms with E-state index in [-0.39, 0.29) is 17.6 Å². The molecule has 6 nitrogen and oxygen atoms in total. The van der Waals surface area contributed by atoms with Gasteiger partial charge in [0.2, 0.25) is 5.91 Å². The molecule has 2 aromatic rings. The molecule has 1 aliphatic heterocycles. The molecule has 2 N–H and O–H groups in total. The van der Waals surface area contributed by atoms with E-state index in [9.17, 15) is 14.0 Å². The van der Waals surface area contributed by atoms with Gasteiger partial charge < -0.3 is 20.3 Å². The highest BCUT2D eigenvalue weighted by molar-refractivity contribution is 5.89. The van der Waals surface area contributed by atoms with Crippen molar-refractivity contribution in [3.05, 3.63) is 59.9 Å². The van der Waals surface area contributed by atoms with E-state index >= 15 is 0 Å². The summed E-state index contributed by atoms with van der Waals surface area (Å²) in [6.45, 7) is 1.76. The maximum atomic E-state index is 13.7. The predicted molar refractivity (Wildman–Crippen MR) is 109 cm³/mol. The van der Waals surface area contributed by atoms with Crippen LogP contribution in [0.5, 0.6) is 5.75 Å². The Morgan fingerprint density at radius 2 is 2.00 bits per heavy atom. The SMILES string of the molecule is COc1ccc(NC(=O)NCC2CCC(=O)N(Cc3ccccc3)CC2)cc1F. The number of anilines is 1. The van der Waals surface area contributed by atoms with E-state index in [1.807, 2.05) is 35.2 Å². The van der Waals surface area contributed by atoms with Crippen LogP contribution in [0.4, 0.5) is 14.9 Å². The van der Waals surface area contributed by atoms with Crippen LogP contribution in [-0.4, -0.2) is 37.0 Å². The predicted octanol–water partition coefficient (Wildman–Crippen LogP) is 3.78. The van der Waals surface area contributed by atoms with Gasteiger partial charge in [-0.3, -0.25) is 4.79 Å². The van der Waals surface area contributed by atoms with Crippen LogP contribution in [0.15, 0.2) is 48.5 Å². The van der Waals surface area contributed by atoms with Gasteiger partial charge in [-0.15, -0.1) is 0 Å². The highest BCUT2D eigenvalue weighted by Gasteiger charge is 2.23. The molecule has 1 saturated heterocycles. The van der Waals surface area contributed by atoms with Gasteiger partial charge in [0.25, 0.3) is 0 Å². The molecule has 7 heteroatoms. The second kappa shape index (κ2) is 9.91. The minimum atomic E-state index is -0.536. The zero-order chi connectivity index (χ0) is 20.6. The lowest BCUT2D eigenvalue weighted by atomic mass is 10.0. The highest BCUT2D eigenvalue weighted by Crippen LogP contribution is 2.21. The van der Waals surface area contributed by atoms with Gasteiger partial charge in [0.1, 0.15) is 0 Å². The Labute approximate surface area is 170 Å². The summed E-state index contributed by atoms with van der Waals surface area (Å²) >= 11 is 0. The second-order valence-electron chi connectivity index (χ2n) is 7.18. The summed E-state index contributed by atoms with van der Waals surface area (Å²) in [7, 11) is 1.39. The maximum absolute atomic E-state index is 13.7. The fourth-order valence-corrected chi connectivity index (χ4v) is 3.42. The summed E-state index contributed by atoms with van der Waals surface area (Å²) in [6.07, 6.45) is 2.04. The summed E-state index contributed by atoms with van der Waals surface area (Å²) in [5.41, 5.74) is 1.47. The van der Waals surface area contributed by atoms with Crippen LogP contribution >= 0.6 is 0 Å². The summed E-state index contributed by atoms with van der Waals surface area (Å²) in [6, 6.07) is 13.8. The van der Waals surface area contributed by atoms with E-state index in [0.29, 0.717) is 31.7 Å². The van der Waals surface area contributed by atoms with Crippen LogP contribution in [0.3, 0.4) is 0 Å². The van der Waals surface area contributed by atoms with E-state index in [2.05, 4.69) is 10.6 Å². The summed E-state index contributed by atoms with van der Waals surface area (Å²) in [5, 5.41) is 5.44. The Kier molecular flexibility index (Phi) is 7.05.